The lowest BCUT2D eigenvalue weighted by Crippen LogP contribution is -2.15. The maximum atomic E-state index is 11.9. The van der Waals surface area contributed by atoms with E-state index in [4.69, 9.17) is 16.7 Å². The lowest BCUT2D eigenvalue weighted by molar-refractivity contribution is 0.0697. The molecule has 0 saturated carbocycles. The molecule has 19 heavy (non-hydrogen) atoms. The number of aromatic amines is 1. The summed E-state index contributed by atoms with van der Waals surface area (Å²) in [6.07, 6.45) is 3.93. The summed E-state index contributed by atoms with van der Waals surface area (Å²) in [5.74, 6) is -1.72. The molecule has 2 aromatic heterocycles. The molecule has 2 heterocycles. The summed E-state index contributed by atoms with van der Waals surface area (Å²) < 4.78 is 0. The monoisotopic (exact) mass is 280 g/mol. The number of aromatic carboxylic acids is 1. The second-order valence-electron chi connectivity index (χ2n) is 3.69. The van der Waals surface area contributed by atoms with Crippen molar-refractivity contribution in [3.05, 3.63) is 40.7 Å². The van der Waals surface area contributed by atoms with Gasteiger partial charge in [-0.15, -0.1) is 0 Å². The number of nitrogens with zero attached hydrogens (tertiary/aromatic N) is 2. The van der Waals surface area contributed by atoms with Crippen LogP contribution in [0.15, 0.2) is 18.6 Å². The van der Waals surface area contributed by atoms with Gasteiger partial charge < -0.3 is 15.4 Å². The molecule has 0 radical (unpaired) electrons. The summed E-state index contributed by atoms with van der Waals surface area (Å²) in [7, 11) is 0. The quantitative estimate of drug-likeness (QED) is 0.793. The van der Waals surface area contributed by atoms with Crippen molar-refractivity contribution < 1.29 is 14.7 Å². The number of carbonyl (C=O) groups is 2. The summed E-state index contributed by atoms with van der Waals surface area (Å²) in [6.45, 7) is 1.60. The number of hydrogen-bond donors (Lipinski definition) is 3. The van der Waals surface area contributed by atoms with E-state index in [9.17, 15) is 9.59 Å². The van der Waals surface area contributed by atoms with Crippen LogP contribution in [0.25, 0.3) is 0 Å². The van der Waals surface area contributed by atoms with E-state index in [1.807, 2.05) is 0 Å². The van der Waals surface area contributed by atoms with Crippen molar-refractivity contribution in [1.82, 2.24) is 15.0 Å². The van der Waals surface area contributed by atoms with Gasteiger partial charge in [0, 0.05) is 11.9 Å². The Morgan fingerprint density at radius 2 is 2.16 bits per heavy atom. The highest BCUT2D eigenvalue weighted by atomic mass is 35.5. The first-order chi connectivity index (χ1) is 8.99. The van der Waals surface area contributed by atoms with Gasteiger partial charge in [0.15, 0.2) is 0 Å². The zero-order chi connectivity index (χ0) is 14.0. The lowest BCUT2D eigenvalue weighted by atomic mass is 10.2. The molecule has 8 heteroatoms. The second kappa shape index (κ2) is 5.07. The first-order valence-electron chi connectivity index (χ1n) is 5.19. The molecule has 0 spiro atoms. The Labute approximate surface area is 112 Å². The first-order valence-corrected chi connectivity index (χ1v) is 5.57. The van der Waals surface area contributed by atoms with E-state index in [0.29, 0.717) is 5.69 Å². The largest absolute Gasteiger partial charge is 0.478 e. The number of halogens is 1. The summed E-state index contributed by atoms with van der Waals surface area (Å²) in [4.78, 5) is 33.2. The van der Waals surface area contributed by atoms with Crippen LogP contribution in [0.2, 0.25) is 5.15 Å². The minimum absolute atomic E-state index is 0.00249. The number of carbonyl (C=O) groups excluding carboxylic acids is 1. The van der Waals surface area contributed by atoms with E-state index in [-0.39, 0.29) is 22.1 Å². The number of anilines is 1. The maximum Gasteiger partial charge on any atom is 0.339 e. The van der Waals surface area contributed by atoms with Crippen molar-refractivity contribution in [2.45, 2.75) is 6.92 Å². The number of carboxylic acids is 1. The number of amides is 1. The first kappa shape index (κ1) is 13.0. The van der Waals surface area contributed by atoms with Gasteiger partial charge in [-0.05, 0) is 6.92 Å². The molecule has 0 aliphatic carbocycles. The number of nitrogens with one attached hydrogen (secondary N) is 2. The number of hydrogen-bond acceptors (Lipinski definition) is 4. The van der Waals surface area contributed by atoms with E-state index in [2.05, 4.69) is 20.3 Å². The van der Waals surface area contributed by atoms with Gasteiger partial charge in [0.1, 0.15) is 16.4 Å². The summed E-state index contributed by atoms with van der Waals surface area (Å²) in [5, 5.41) is 11.6. The van der Waals surface area contributed by atoms with Crippen molar-refractivity contribution in [2.75, 3.05) is 5.32 Å². The van der Waals surface area contributed by atoms with E-state index < -0.39 is 11.9 Å². The van der Waals surface area contributed by atoms with E-state index in [1.54, 1.807) is 6.92 Å². The van der Waals surface area contributed by atoms with Gasteiger partial charge in [-0.25, -0.2) is 9.78 Å². The Morgan fingerprint density at radius 1 is 1.42 bits per heavy atom. The molecule has 0 aliphatic rings. The molecule has 98 valence electrons. The Morgan fingerprint density at radius 3 is 2.79 bits per heavy atom. The third-order valence-corrected chi connectivity index (χ3v) is 2.56. The summed E-state index contributed by atoms with van der Waals surface area (Å²) >= 11 is 5.62. The van der Waals surface area contributed by atoms with Gasteiger partial charge in [-0.2, -0.15) is 0 Å². The van der Waals surface area contributed by atoms with Gasteiger partial charge in [0.25, 0.3) is 5.91 Å². The van der Waals surface area contributed by atoms with Crippen molar-refractivity contribution in [3.63, 3.8) is 0 Å². The van der Waals surface area contributed by atoms with Crippen LogP contribution in [0, 0.1) is 6.92 Å². The van der Waals surface area contributed by atoms with Crippen LogP contribution in [0.5, 0.6) is 0 Å². The van der Waals surface area contributed by atoms with E-state index in [1.165, 1.54) is 18.6 Å². The molecule has 7 nitrogen and oxygen atoms in total. The van der Waals surface area contributed by atoms with Crippen molar-refractivity contribution in [2.24, 2.45) is 0 Å². The molecular weight excluding hydrogens is 272 g/mol. The lowest BCUT2D eigenvalue weighted by Gasteiger charge is -2.04. The minimum atomic E-state index is -1.13. The predicted octanol–water partition coefficient (Wildman–Crippen LogP) is 1.72. The molecule has 0 aromatic carbocycles. The molecule has 0 fully saturated rings. The predicted molar refractivity (Wildman–Crippen MR) is 67.5 cm³/mol. The second-order valence-corrected chi connectivity index (χ2v) is 4.08. The smallest absolute Gasteiger partial charge is 0.339 e. The number of rotatable bonds is 3. The van der Waals surface area contributed by atoms with Gasteiger partial charge in [0.05, 0.1) is 18.1 Å². The topological polar surface area (TPSA) is 108 Å². The molecule has 0 aliphatic heterocycles. The van der Waals surface area contributed by atoms with Crippen molar-refractivity contribution in [1.29, 1.82) is 0 Å². The third-order valence-electron chi connectivity index (χ3n) is 2.38. The molecular formula is C11H9ClN4O3. The third kappa shape index (κ3) is 2.71. The fourth-order valence-electron chi connectivity index (χ4n) is 1.54. The van der Waals surface area contributed by atoms with Crippen molar-refractivity contribution >= 4 is 29.2 Å². The number of H-pyrrole nitrogens is 1. The standard InChI is InChI=1S/C11H9ClN4O3/c1-5-9(11(18)19)6(3-14-5)16-10(17)7-2-13-4-8(12)15-7/h2-4,14H,1H3,(H,16,17)(H,18,19). The fourth-order valence-corrected chi connectivity index (χ4v) is 1.69. The highest BCUT2D eigenvalue weighted by Gasteiger charge is 2.18. The van der Waals surface area contributed by atoms with Crippen LogP contribution < -0.4 is 5.32 Å². The molecule has 0 unspecified atom stereocenters. The molecule has 3 N–H and O–H groups in total. The van der Waals surface area contributed by atoms with Gasteiger partial charge >= 0.3 is 5.97 Å². The van der Waals surface area contributed by atoms with Crippen LogP contribution in [-0.2, 0) is 0 Å². The molecule has 0 saturated heterocycles. The van der Waals surface area contributed by atoms with E-state index >= 15 is 0 Å². The van der Waals surface area contributed by atoms with Crippen LogP contribution in [-0.4, -0.2) is 31.9 Å². The summed E-state index contributed by atoms with van der Waals surface area (Å²) in [5.41, 5.74) is 0.614. The average molecular weight is 281 g/mol. The van der Waals surface area contributed by atoms with Gasteiger partial charge in [-0.3, -0.25) is 9.78 Å². The number of aryl methyl sites for hydroxylation is 1. The van der Waals surface area contributed by atoms with Crippen LogP contribution in [0.1, 0.15) is 26.5 Å². The fraction of sp³-hybridized carbons (Fsp3) is 0.0909. The summed E-state index contributed by atoms with van der Waals surface area (Å²) in [6, 6.07) is 0. The number of carboxylic acid groups (broad SMARTS) is 1. The SMILES string of the molecule is Cc1[nH]cc(NC(=O)c2cncc(Cl)n2)c1C(=O)O. The highest BCUT2D eigenvalue weighted by Crippen LogP contribution is 2.19. The Kier molecular flexibility index (Phi) is 3.48. The Bertz CT molecular complexity index is 653. The highest BCUT2D eigenvalue weighted by molar-refractivity contribution is 6.29. The molecule has 0 bridgehead atoms. The van der Waals surface area contributed by atoms with Crippen LogP contribution in [0.4, 0.5) is 5.69 Å². The van der Waals surface area contributed by atoms with E-state index in [0.717, 1.165) is 0 Å². The Balaban J connectivity index is 2.27. The molecule has 2 rings (SSSR count). The molecule has 2 aromatic rings. The zero-order valence-electron chi connectivity index (χ0n) is 9.77. The van der Waals surface area contributed by atoms with Gasteiger partial charge in [-0.1, -0.05) is 11.6 Å². The zero-order valence-corrected chi connectivity index (χ0v) is 10.5. The van der Waals surface area contributed by atoms with Crippen LogP contribution in [0.3, 0.4) is 0 Å². The normalized spacial score (nSPS) is 10.2. The minimum Gasteiger partial charge on any atom is -0.478 e. The molecule has 0 atom stereocenters. The van der Waals surface area contributed by atoms with Crippen LogP contribution >= 0.6 is 11.6 Å². The van der Waals surface area contributed by atoms with Gasteiger partial charge in [0.2, 0.25) is 0 Å². The van der Waals surface area contributed by atoms with Crippen molar-refractivity contribution in [3.8, 4) is 0 Å². The maximum absolute atomic E-state index is 11.9. The Hall–Kier alpha value is -2.41. The average Bonchev–Trinajstić information content (AvgIpc) is 2.70. The molecule has 1 amide bonds. The number of aromatic nitrogens is 3.